The minimum atomic E-state index is -3.35. The second kappa shape index (κ2) is 6.12. The maximum Gasteiger partial charge on any atom is 0.281 e. The number of hydrogen-bond donors (Lipinski definition) is 0. The molecule has 0 unspecified atom stereocenters. The standard InChI is InChI=1S/C14H26N2O4S/c1-15(13-5-3-2-4-6-13)21(17,18)16-9-7-14(8-10-16)19-11-12-20-14/h13H,2-12H2,1H3. The normalized spacial score (nSPS) is 28.5. The smallest absolute Gasteiger partial charge is 0.281 e. The average Bonchev–Trinajstić information content (AvgIpc) is 2.96. The average molecular weight is 318 g/mol. The van der Waals surface area contributed by atoms with E-state index in [0.717, 1.165) is 25.7 Å². The predicted octanol–water partition coefficient (Wildman–Crippen LogP) is 1.33. The van der Waals surface area contributed by atoms with Gasteiger partial charge < -0.3 is 9.47 Å². The summed E-state index contributed by atoms with van der Waals surface area (Å²) in [4.78, 5) is 0. The zero-order valence-electron chi connectivity index (χ0n) is 12.8. The fraction of sp³-hybridized carbons (Fsp3) is 1.00. The van der Waals surface area contributed by atoms with Crippen LogP contribution in [0.4, 0.5) is 0 Å². The second-order valence-electron chi connectivity index (χ2n) is 6.32. The van der Waals surface area contributed by atoms with E-state index in [9.17, 15) is 8.42 Å². The molecule has 0 aromatic heterocycles. The highest BCUT2D eigenvalue weighted by molar-refractivity contribution is 7.86. The van der Waals surface area contributed by atoms with Crippen molar-refractivity contribution in [2.45, 2.75) is 56.8 Å². The van der Waals surface area contributed by atoms with Crippen molar-refractivity contribution in [3.63, 3.8) is 0 Å². The van der Waals surface area contributed by atoms with Crippen LogP contribution >= 0.6 is 0 Å². The molecule has 7 heteroatoms. The van der Waals surface area contributed by atoms with Crippen LogP contribution in [0.25, 0.3) is 0 Å². The van der Waals surface area contributed by atoms with Crippen LogP contribution in [0.5, 0.6) is 0 Å². The van der Waals surface area contributed by atoms with E-state index < -0.39 is 16.0 Å². The van der Waals surface area contributed by atoms with E-state index in [1.807, 2.05) is 0 Å². The topological polar surface area (TPSA) is 59.1 Å². The molecule has 1 aliphatic carbocycles. The van der Waals surface area contributed by atoms with E-state index in [2.05, 4.69) is 0 Å². The van der Waals surface area contributed by atoms with E-state index in [4.69, 9.17) is 9.47 Å². The fourth-order valence-electron chi connectivity index (χ4n) is 3.66. The molecule has 0 bridgehead atoms. The van der Waals surface area contributed by atoms with E-state index in [1.54, 1.807) is 15.7 Å². The molecule has 1 saturated carbocycles. The highest BCUT2D eigenvalue weighted by atomic mass is 32.2. The molecule has 21 heavy (non-hydrogen) atoms. The summed E-state index contributed by atoms with van der Waals surface area (Å²) in [5.41, 5.74) is 0. The summed E-state index contributed by atoms with van der Waals surface area (Å²) in [7, 11) is -1.62. The molecule has 3 fully saturated rings. The maximum absolute atomic E-state index is 12.8. The van der Waals surface area contributed by atoms with Crippen LogP contribution in [0.3, 0.4) is 0 Å². The molecule has 0 amide bonds. The van der Waals surface area contributed by atoms with Gasteiger partial charge in [-0.05, 0) is 12.8 Å². The lowest BCUT2D eigenvalue weighted by atomic mass is 9.96. The van der Waals surface area contributed by atoms with Gasteiger partial charge in [0.15, 0.2) is 5.79 Å². The van der Waals surface area contributed by atoms with Gasteiger partial charge in [0, 0.05) is 39.0 Å². The van der Waals surface area contributed by atoms with E-state index in [0.29, 0.717) is 39.1 Å². The van der Waals surface area contributed by atoms with Crippen LogP contribution in [0.15, 0.2) is 0 Å². The van der Waals surface area contributed by atoms with Crippen LogP contribution in [-0.2, 0) is 19.7 Å². The van der Waals surface area contributed by atoms with Gasteiger partial charge in [-0.2, -0.15) is 17.0 Å². The van der Waals surface area contributed by atoms with Crippen LogP contribution in [0, 0.1) is 0 Å². The molecule has 2 heterocycles. The molecule has 0 atom stereocenters. The summed E-state index contributed by atoms with van der Waals surface area (Å²) >= 11 is 0. The summed E-state index contributed by atoms with van der Waals surface area (Å²) < 4.78 is 40.0. The van der Waals surface area contributed by atoms with Crippen LogP contribution in [-0.4, -0.2) is 62.2 Å². The highest BCUT2D eigenvalue weighted by Gasteiger charge is 2.43. The monoisotopic (exact) mass is 318 g/mol. The van der Waals surface area contributed by atoms with Crippen molar-refractivity contribution in [3.8, 4) is 0 Å². The van der Waals surface area contributed by atoms with Crippen molar-refractivity contribution in [2.75, 3.05) is 33.4 Å². The van der Waals surface area contributed by atoms with E-state index in [1.165, 1.54) is 6.42 Å². The van der Waals surface area contributed by atoms with Crippen molar-refractivity contribution >= 4 is 10.2 Å². The van der Waals surface area contributed by atoms with Gasteiger partial charge in [0.1, 0.15) is 0 Å². The van der Waals surface area contributed by atoms with Gasteiger partial charge in [-0.1, -0.05) is 19.3 Å². The first kappa shape index (κ1) is 15.7. The first-order valence-electron chi connectivity index (χ1n) is 8.05. The number of nitrogens with zero attached hydrogens (tertiary/aromatic N) is 2. The van der Waals surface area contributed by atoms with Gasteiger partial charge >= 0.3 is 0 Å². The zero-order valence-corrected chi connectivity index (χ0v) is 13.6. The van der Waals surface area contributed by atoms with E-state index >= 15 is 0 Å². The Labute approximate surface area is 127 Å². The van der Waals surface area contributed by atoms with Crippen LogP contribution in [0.1, 0.15) is 44.9 Å². The lowest BCUT2D eigenvalue weighted by molar-refractivity contribution is -0.179. The molecule has 3 aliphatic rings. The molecule has 0 radical (unpaired) electrons. The number of rotatable bonds is 3. The predicted molar refractivity (Wildman–Crippen MR) is 79.0 cm³/mol. The molecule has 3 rings (SSSR count). The number of hydrogen-bond acceptors (Lipinski definition) is 4. The van der Waals surface area contributed by atoms with E-state index in [-0.39, 0.29) is 6.04 Å². The Morgan fingerprint density at radius 3 is 2.19 bits per heavy atom. The van der Waals surface area contributed by atoms with Gasteiger partial charge in [0.25, 0.3) is 10.2 Å². The molecule has 122 valence electrons. The third-order valence-electron chi connectivity index (χ3n) is 5.08. The maximum atomic E-state index is 12.8. The third kappa shape index (κ3) is 3.12. The molecular weight excluding hydrogens is 292 g/mol. The van der Waals surface area contributed by atoms with Crippen molar-refractivity contribution in [3.05, 3.63) is 0 Å². The molecular formula is C14H26N2O4S. The molecule has 0 N–H and O–H groups in total. The number of ether oxygens (including phenoxy) is 2. The molecule has 0 aromatic carbocycles. The van der Waals surface area contributed by atoms with Gasteiger partial charge in [-0.15, -0.1) is 0 Å². The minimum Gasteiger partial charge on any atom is -0.347 e. The molecule has 0 aromatic rings. The van der Waals surface area contributed by atoms with Gasteiger partial charge in [0.2, 0.25) is 0 Å². The lowest BCUT2D eigenvalue weighted by Gasteiger charge is -2.40. The van der Waals surface area contributed by atoms with Crippen molar-refractivity contribution < 1.29 is 17.9 Å². The Kier molecular flexibility index (Phi) is 4.57. The molecule has 2 saturated heterocycles. The van der Waals surface area contributed by atoms with Crippen LogP contribution < -0.4 is 0 Å². The summed E-state index contributed by atoms with van der Waals surface area (Å²) in [5, 5.41) is 0. The molecule has 2 aliphatic heterocycles. The molecule has 1 spiro atoms. The first-order valence-corrected chi connectivity index (χ1v) is 9.44. The van der Waals surface area contributed by atoms with Crippen molar-refractivity contribution in [1.82, 2.24) is 8.61 Å². The summed E-state index contributed by atoms with van der Waals surface area (Å²) in [6.45, 7) is 2.21. The Morgan fingerprint density at radius 2 is 1.62 bits per heavy atom. The summed E-state index contributed by atoms with van der Waals surface area (Å²) in [5.74, 6) is -0.518. The Balaban J connectivity index is 1.62. The quantitative estimate of drug-likeness (QED) is 0.788. The fourth-order valence-corrected chi connectivity index (χ4v) is 5.25. The van der Waals surface area contributed by atoms with Crippen molar-refractivity contribution in [2.24, 2.45) is 0 Å². The van der Waals surface area contributed by atoms with Gasteiger partial charge in [-0.3, -0.25) is 0 Å². The minimum absolute atomic E-state index is 0.165. The van der Waals surface area contributed by atoms with Gasteiger partial charge in [-0.25, -0.2) is 0 Å². The Morgan fingerprint density at radius 1 is 1.05 bits per heavy atom. The van der Waals surface area contributed by atoms with Crippen molar-refractivity contribution in [1.29, 1.82) is 0 Å². The second-order valence-corrected chi connectivity index (χ2v) is 8.31. The Hall–Kier alpha value is -0.210. The van der Waals surface area contributed by atoms with Gasteiger partial charge in [0.05, 0.1) is 13.2 Å². The Bertz CT molecular complexity index is 446. The summed E-state index contributed by atoms with van der Waals surface area (Å²) in [6, 6.07) is 0.165. The first-order chi connectivity index (χ1) is 10.0. The number of piperidine rings is 1. The lowest BCUT2D eigenvalue weighted by Crippen LogP contribution is -2.53. The third-order valence-corrected chi connectivity index (χ3v) is 7.12. The molecule has 6 nitrogen and oxygen atoms in total. The highest BCUT2D eigenvalue weighted by Crippen LogP contribution is 2.33. The van der Waals surface area contributed by atoms with Crippen LogP contribution in [0.2, 0.25) is 0 Å². The largest absolute Gasteiger partial charge is 0.347 e. The SMILES string of the molecule is CN(C1CCCCC1)S(=O)(=O)N1CCC2(CC1)OCCO2. The zero-order chi connectivity index (χ0) is 14.9. The summed E-state index contributed by atoms with van der Waals surface area (Å²) in [6.07, 6.45) is 6.73.